The Morgan fingerprint density at radius 3 is 2.62 bits per heavy atom. The molecule has 0 spiro atoms. The molecule has 13 heavy (non-hydrogen) atoms. The summed E-state index contributed by atoms with van der Waals surface area (Å²) in [6.07, 6.45) is 3.74. The molecule has 0 atom stereocenters. The van der Waals surface area contributed by atoms with Gasteiger partial charge in [-0.15, -0.1) is 0 Å². The van der Waals surface area contributed by atoms with Crippen molar-refractivity contribution in [2.45, 2.75) is 6.54 Å². The van der Waals surface area contributed by atoms with E-state index in [0.29, 0.717) is 0 Å². The standard InChI is InChI=1S/C8H10N2.2ClH.Cu/c1-2-6-10-7-4-3-5-8(10)9;;;/h2-5,7,9H,1,6H2;2*1H;/q;;;+1/p-1. The zero-order valence-electron chi connectivity index (χ0n) is 6.88. The first-order valence-corrected chi connectivity index (χ1v) is 6.01. The van der Waals surface area contributed by atoms with E-state index in [4.69, 9.17) is 5.73 Å². The molecule has 0 fully saturated rings. The second kappa shape index (κ2) is 8.39. The van der Waals surface area contributed by atoms with Gasteiger partial charge in [0, 0.05) is 6.07 Å². The van der Waals surface area contributed by atoms with Crippen molar-refractivity contribution < 1.29 is 17.7 Å². The van der Waals surface area contributed by atoms with Crippen molar-refractivity contribution >= 4 is 26.0 Å². The fourth-order valence-corrected chi connectivity index (χ4v) is 0.795. The van der Waals surface area contributed by atoms with Crippen molar-refractivity contribution in [2.24, 2.45) is 0 Å². The van der Waals surface area contributed by atoms with Gasteiger partial charge in [-0.05, 0) is 6.07 Å². The Bertz CT molecular complexity index is 256. The van der Waals surface area contributed by atoms with Gasteiger partial charge in [0.25, 0.3) is 5.82 Å². The van der Waals surface area contributed by atoms with Crippen LogP contribution in [0.4, 0.5) is 5.82 Å². The molecule has 78 valence electrons. The van der Waals surface area contributed by atoms with Gasteiger partial charge in [-0.3, -0.25) is 5.73 Å². The molecule has 0 aromatic carbocycles. The molecule has 0 aliphatic rings. The third-order valence-electron chi connectivity index (χ3n) is 1.30. The summed E-state index contributed by atoms with van der Waals surface area (Å²) in [6, 6.07) is 5.72. The maximum absolute atomic E-state index is 5.62. The summed E-state index contributed by atoms with van der Waals surface area (Å²) >= 11 is 0.757. The number of pyridine rings is 1. The summed E-state index contributed by atoms with van der Waals surface area (Å²) in [5.41, 5.74) is 5.62. The Kier molecular flexibility index (Phi) is 8.25. The van der Waals surface area contributed by atoms with Gasteiger partial charge >= 0.3 is 33.3 Å². The monoisotopic (exact) mass is 268 g/mol. The Morgan fingerprint density at radius 1 is 1.54 bits per heavy atom. The molecular formula is C8H11Cl2CuN2. The number of nitrogen functional groups attached to an aromatic ring is 1. The van der Waals surface area contributed by atoms with E-state index in [1.165, 1.54) is 0 Å². The predicted molar refractivity (Wildman–Crippen MR) is 53.0 cm³/mol. The third kappa shape index (κ3) is 5.94. The average molecular weight is 270 g/mol. The van der Waals surface area contributed by atoms with Crippen LogP contribution in [0.1, 0.15) is 0 Å². The zero-order chi connectivity index (χ0) is 10.1. The molecule has 0 unspecified atom stereocenters. The molecule has 1 rings (SSSR count). The fraction of sp³-hybridized carbons (Fsp3) is 0.125. The first-order chi connectivity index (χ1) is 6.26. The van der Waals surface area contributed by atoms with E-state index >= 15 is 0 Å². The van der Waals surface area contributed by atoms with E-state index in [0.717, 1.165) is 25.5 Å². The number of nitrogens with two attached hydrogens (primary N) is 1. The molecule has 0 saturated carbocycles. The van der Waals surface area contributed by atoms with E-state index in [-0.39, 0.29) is 0 Å². The third-order valence-corrected chi connectivity index (χ3v) is 1.30. The van der Waals surface area contributed by atoms with Gasteiger partial charge in [0.1, 0.15) is 6.54 Å². The zero-order valence-corrected chi connectivity index (χ0v) is 9.34. The molecule has 0 bridgehead atoms. The van der Waals surface area contributed by atoms with Crippen molar-refractivity contribution in [1.82, 2.24) is 0 Å². The average Bonchev–Trinajstić information content (AvgIpc) is 2.11. The van der Waals surface area contributed by atoms with E-state index in [1.807, 2.05) is 35.0 Å². The SMILES string of the molecule is C=CC[n+]1ccccc1N.[Cl][Cu-][Cl]. The molecule has 0 aliphatic heterocycles. The van der Waals surface area contributed by atoms with Crippen LogP contribution in [0, 0.1) is 0 Å². The van der Waals surface area contributed by atoms with Gasteiger partial charge in [0.2, 0.25) is 0 Å². The van der Waals surface area contributed by atoms with Gasteiger partial charge in [0.15, 0.2) is 0 Å². The summed E-state index contributed by atoms with van der Waals surface area (Å²) in [5.74, 6) is 0.766. The molecule has 0 saturated heterocycles. The van der Waals surface area contributed by atoms with Crippen molar-refractivity contribution in [2.75, 3.05) is 5.73 Å². The number of allylic oxidation sites excluding steroid dienone is 1. The molecule has 1 aromatic rings. The topological polar surface area (TPSA) is 29.9 Å². The Hall–Kier alpha value is -0.211. The van der Waals surface area contributed by atoms with E-state index in [9.17, 15) is 0 Å². The van der Waals surface area contributed by atoms with Crippen LogP contribution in [-0.2, 0) is 19.7 Å². The molecular weight excluding hydrogens is 259 g/mol. The molecule has 1 heterocycles. The summed E-state index contributed by atoms with van der Waals surface area (Å²) in [4.78, 5) is 0. The van der Waals surface area contributed by atoms with Crippen LogP contribution >= 0.6 is 20.2 Å². The van der Waals surface area contributed by atoms with E-state index < -0.39 is 0 Å². The van der Waals surface area contributed by atoms with Crippen molar-refractivity contribution in [3.05, 3.63) is 37.1 Å². The maximum atomic E-state index is 5.62. The fourth-order valence-electron chi connectivity index (χ4n) is 0.795. The van der Waals surface area contributed by atoms with Crippen molar-refractivity contribution in [3.8, 4) is 0 Å². The second-order valence-electron chi connectivity index (χ2n) is 2.11. The van der Waals surface area contributed by atoms with Crippen LogP contribution < -0.4 is 10.3 Å². The molecule has 5 heteroatoms. The first-order valence-electron chi connectivity index (χ1n) is 3.42. The summed E-state index contributed by atoms with van der Waals surface area (Å²) in [7, 11) is 9.34. The first kappa shape index (κ1) is 12.8. The summed E-state index contributed by atoms with van der Waals surface area (Å²) in [5, 5.41) is 0. The minimum atomic E-state index is 0.757. The van der Waals surface area contributed by atoms with Gasteiger partial charge in [-0.1, -0.05) is 18.7 Å². The van der Waals surface area contributed by atoms with Crippen LogP contribution in [0.25, 0.3) is 0 Å². The van der Waals surface area contributed by atoms with Gasteiger partial charge < -0.3 is 0 Å². The molecule has 0 amide bonds. The van der Waals surface area contributed by atoms with Gasteiger partial charge in [-0.25, -0.2) is 4.57 Å². The Morgan fingerprint density at radius 2 is 2.15 bits per heavy atom. The number of rotatable bonds is 2. The van der Waals surface area contributed by atoms with Crippen molar-refractivity contribution in [1.29, 1.82) is 0 Å². The van der Waals surface area contributed by atoms with Crippen molar-refractivity contribution in [3.63, 3.8) is 0 Å². The number of hydrogen-bond acceptors (Lipinski definition) is 1. The molecule has 2 N–H and O–H groups in total. The number of hydrogen-bond donors (Lipinski definition) is 1. The normalized spacial score (nSPS) is 8.77. The van der Waals surface area contributed by atoms with Gasteiger partial charge in [-0.2, -0.15) is 0 Å². The summed E-state index contributed by atoms with van der Waals surface area (Å²) in [6.45, 7) is 4.39. The minimum absolute atomic E-state index is 0.757. The van der Waals surface area contributed by atoms with Crippen LogP contribution in [-0.4, -0.2) is 0 Å². The quantitative estimate of drug-likeness (QED) is 0.497. The number of nitrogens with zero attached hydrogens (tertiary/aromatic N) is 1. The van der Waals surface area contributed by atoms with Crippen LogP contribution in [0.2, 0.25) is 0 Å². The molecule has 2 nitrogen and oxygen atoms in total. The molecule has 1 aromatic heterocycles. The van der Waals surface area contributed by atoms with Gasteiger partial charge in [0.05, 0.1) is 6.20 Å². The van der Waals surface area contributed by atoms with Crippen LogP contribution in [0.15, 0.2) is 37.1 Å². The van der Waals surface area contributed by atoms with Crippen LogP contribution in [0.5, 0.6) is 0 Å². The molecule has 0 aliphatic carbocycles. The summed E-state index contributed by atoms with van der Waals surface area (Å²) < 4.78 is 1.92. The van der Waals surface area contributed by atoms with Crippen LogP contribution in [0.3, 0.4) is 0 Å². The predicted octanol–water partition coefficient (Wildman–Crippen LogP) is 2.12. The second-order valence-corrected chi connectivity index (χ2v) is 3.66. The Balaban J connectivity index is 0.000000424. The van der Waals surface area contributed by atoms with E-state index in [1.54, 1.807) is 0 Å². The number of anilines is 1. The Labute approximate surface area is 93.0 Å². The number of aromatic nitrogens is 1. The number of halogens is 2. The van der Waals surface area contributed by atoms with E-state index in [2.05, 4.69) is 26.8 Å². The molecule has 0 radical (unpaired) electrons.